The summed E-state index contributed by atoms with van der Waals surface area (Å²) < 4.78 is 5.57. The molecule has 4 aromatic rings. The highest BCUT2D eigenvalue weighted by atomic mass is 16.7. The van der Waals surface area contributed by atoms with Crippen LogP contribution >= 0.6 is 0 Å². The smallest absolute Gasteiger partial charge is 0.343 e. The zero-order chi connectivity index (χ0) is 22.6. The number of hydrogen-bond donors (Lipinski definition) is 0. The van der Waals surface area contributed by atoms with Crippen LogP contribution in [0, 0.1) is 6.92 Å². The van der Waals surface area contributed by atoms with Gasteiger partial charge in [-0.1, -0.05) is 90.5 Å². The number of rotatable bonds is 5. The van der Waals surface area contributed by atoms with Crippen LogP contribution in [-0.4, -0.2) is 12.1 Å². The number of hydroxylamine groups is 1. The summed E-state index contributed by atoms with van der Waals surface area (Å²) in [5.74, 6) is 0.130. The summed E-state index contributed by atoms with van der Waals surface area (Å²) in [5.41, 5.74) is 5.49. The molecule has 0 amide bonds. The van der Waals surface area contributed by atoms with Gasteiger partial charge in [0.05, 0.1) is 11.7 Å². The number of anilines is 1. The van der Waals surface area contributed by atoms with Crippen molar-refractivity contribution in [3.63, 3.8) is 0 Å². The van der Waals surface area contributed by atoms with Crippen molar-refractivity contribution in [2.75, 3.05) is 5.06 Å². The van der Waals surface area contributed by atoms with Crippen molar-refractivity contribution in [2.45, 2.75) is 25.5 Å². The van der Waals surface area contributed by atoms with Crippen LogP contribution in [0.2, 0.25) is 0 Å². The minimum atomic E-state index is -0.690. The monoisotopic (exact) mass is 435 g/mol. The molecule has 0 spiro atoms. The summed E-state index contributed by atoms with van der Waals surface area (Å²) in [6.45, 7) is 2.05. The maximum Gasteiger partial charge on any atom is 0.343 e. The van der Waals surface area contributed by atoms with Gasteiger partial charge in [0.15, 0.2) is 6.10 Å². The fourth-order valence-electron chi connectivity index (χ4n) is 4.09. The molecule has 1 saturated heterocycles. The first kappa shape index (κ1) is 21.0. The standard InChI is InChI=1S/C29H25NO3/c1-21-12-18-25(19-13-21)30-27(20-28(33-30)29(31)32-26-10-6-3-7-11-26)24-16-14-23(15-17-24)22-8-4-2-5-9-22/h2-19,27-28H,20H2,1H3. The summed E-state index contributed by atoms with van der Waals surface area (Å²) in [5, 5.41) is 1.84. The Labute approximate surface area is 194 Å². The zero-order valence-electron chi connectivity index (χ0n) is 18.4. The molecule has 0 aliphatic carbocycles. The lowest BCUT2D eigenvalue weighted by Gasteiger charge is -2.25. The van der Waals surface area contributed by atoms with Gasteiger partial charge in [0, 0.05) is 6.42 Å². The Kier molecular flexibility index (Phi) is 5.92. The molecule has 1 fully saturated rings. The van der Waals surface area contributed by atoms with Crippen LogP contribution in [0.5, 0.6) is 5.75 Å². The van der Waals surface area contributed by atoms with Crippen LogP contribution in [0.25, 0.3) is 11.1 Å². The number of ether oxygens (including phenoxy) is 1. The van der Waals surface area contributed by atoms with E-state index in [4.69, 9.17) is 9.57 Å². The molecule has 164 valence electrons. The molecule has 33 heavy (non-hydrogen) atoms. The molecule has 5 rings (SSSR count). The maximum absolute atomic E-state index is 12.9. The average Bonchev–Trinajstić information content (AvgIpc) is 3.31. The number of nitrogens with zero attached hydrogens (tertiary/aromatic N) is 1. The van der Waals surface area contributed by atoms with Gasteiger partial charge < -0.3 is 4.74 Å². The highest BCUT2D eigenvalue weighted by molar-refractivity contribution is 5.78. The molecule has 4 aromatic carbocycles. The van der Waals surface area contributed by atoms with E-state index in [9.17, 15) is 4.79 Å². The third-order valence-corrected chi connectivity index (χ3v) is 5.88. The Hall–Kier alpha value is -3.89. The normalized spacial score (nSPS) is 17.7. The van der Waals surface area contributed by atoms with Gasteiger partial charge in [-0.05, 0) is 47.9 Å². The second kappa shape index (κ2) is 9.31. The van der Waals surface area contributed by atoms with Gasteiger partial charge in [-0.15, -0.1) is 0 Å². The second-order valence-electron chi connectivity index (χ2n) is 8.23. The van der Waals surface area contributed by atoms with E-state index < -0.39 is 6.10 Å². The number of carbonyl (C=O) groups excluding carboxylic acids is 1. The molecule has 0 bridgehead atoms. The fourth-order valence-corrected chi connectivity index (χ4v) is 4.09. The molecule has 2 unspecified atom stereocenters. The number of hydrogen-bond acceptors (Lipinski definition) is 4. The Bertz CT molecular complexity index is 1210. The van der Waals surface area contributed by atoms with Crippen molar-refractivity contribution < 1.29 is 14.4 Å². The van der Waals surface area contributed by atoms with Gasteiger partial charge in [-0.25, -0.2) is 9.86 Å². The van der Waals surface area contributed by atoms with Gasteiger partial charge in [0.2, 0.25) is 0 Å². The number of esters is 1. The Morgan fingerprint density at radius 2 is 1.39 bits per heavy atom. The summed E-state index contributed by atoms with van der Waals surface area (Å²) in [7, 11) is 0. The molecular formula is C29H25NO3. The van der Waals surface area contributed by atoms with Crippen LogP contribution in [-0.2, 0) is 9.63 Å². The van der Waals surface area contributed by atoms with E-state index in [0.29, 0.717) is 12.2 Å². The highest BCUT2D eigenvalue weighted by Crippen LogP contribution is 2.39. The predicted octanol–water partition coefficient (Wildman–Crippen LogP) is 6.52. The second-order valence-corrected chi connectivity index (χ2v) is 8.23. The van der Waals surface area contributed by atoms with Crippen molar-refractivity contribution >= 4 is 11.7 Å². The van der Waals surface area contributed by atoms with Crippen molar-refractivity contribution in [1.29, 1.82) is 0 Å². The molecule has 0 saturated carbocycles. The largest absolute Gasteiger partial charge is 0.425 e. The SMILES string of the molecule is Cc1ccc(N2OC(C(=O)Oc3ccccc3)CC2c2ccc(-c3ccccc3)cc2)cc1. The van der Waals surface area contributed by atoms with Crippen LogP contribution in [0.1, 0.15) is 23.6 Å². The van der Waals surface area contributed by atoms with E-state index in [2.05, 4.69) is 43.3 Å². The quantitative estimate of drug-likeness (QED) is 0.264. The Morgan fingerprint density at radius 3 is 2.06 bits per heavy atom. The van der Waals surface area contributed by atoms with E-state index >= 15 is 0 Å². The molecule has 4 nitrogen and oxygen atoms in total. The molecule has 1 aliphatic heterocycles. The lowest BCUT2D eigenvalue weighted by Crippen LogP contribution is -2.28. The Morgan fingerprint density at radius 1 is 0.788 bits per heavy atom. The topological polar surface area (TPSA) is 38.8 Å². The van der Waals surface area contributed by atoms with Crippen molar-refractivity contribution in [1.82, 2.24) is 0 Å². The highest BCUT2D eigenvalue weighted by Gasteiger charge is 2.40. The summed E-state index contributed by atoms with van der Waals surface area (Å²) in [4.78, 5) is 19.0. The van der Waals surface area contributed by atoms with E-state index in [-0.39, 0.29) is 12.0 Å². The lowest BCUT2D eigenvalue weighted by atomic mass is 9.97. The average molecular weight is 436 g/mol. The zero-order valence-corrected chi connectivity index (χ0v) is 18.4. The van der Waals surface area contributed by atoms with Gasteiger partial charge in [-0.3, -0.25) is 4.84 Å². The minimum absolute atomic E-state index is 0.106. The van der Waals surface area contributed by atoms with E-state index in [1.165, 1.54) is 11.1 Å². The summed E-state index contributed by atoms with van der Waals surface area (Å²) in [6, 6.07) is 35.9. The molecule has 0 aromatic heterocycles. The first-order chi connectivity index (χ1) is 16.2. The van der Waals surface area contributed by atoms with Crippen LogP contribution in [0.4, 0.5) is 5.69 Å². The van der Waals surface area contributed by atoms with E-state index in [1.807, 2.05) is 65.7 Å². The van der Waals surface area contributed by atoms with Gasteiger partial charge in [0.25, 0.3) is 0 Å². The number of para-hydroxylation sites is 1. The third kappa shape index (κ3) is 4.66. The van der Waals surface area contributed by atoms with Gasteiger partial charge >= 0.3 is 5.97 Å². The molecule has 4 heteroatoms. The van der Waals surface area contributed by atoms with E-state index in [0.717, 1.165) is 16.8 Å². The molecule has 0 N–H and O–H groups in total. The molecule has 1 aliphatic rings. The molecule has 0 radical (unpaired) electrons. The molecule has 2 atom stereocenters. The van der Waals surface area contributed by atoms with Crippen LogP contribution in [0.15, 0.2) is 109 Å². The fraction of sp³-hybridized carbons (Fsp3) is 0.138. The first-order valence-corrected chi connectivity index (χ1v) is 11.1. The Balaban J connectivity index is 1.41. The predicted molar refractivity (Wildman–Crippen MR) is 130 cm³/mol. The maximum atomic E-state index is 12.9. The summed E-state index contributed by atoms with van der Waals surface area (Å²) in [6.07, 6.45) is -0.185. The molecule has 1 heterocycles. The third-order valence-electron chi connectivity index (χ3n) is 5.88. The van der Waals surface area contributed by atoms with Crippen molar-refractivity contribution in [3.8, 4) is 16.9 Å². The summed E-state index contributed by atoms with van der Waals surface area (Å²) >= 11 is 0. The van der Waals surface area contributed by atoms with Gasteiger partial charge in [0.1, 0.15) is 5.75 Å². The number of carbonyl (C=O) groups is 1. The van der Waals surface area contributed by atoms with Crippen molar-refractivity contribution in [2.24, 2.45) is 0 Å². The lowest BCUT2D eigenvalue weighted by molar-refractivity contribution is -0.145. The van der Waals surface area contributed by atoms with E-state index in [1.54, 1.807) is 12.1 Å². The van der Waals surface area contributed by atoms with Crippen LogP contribution in [0.3, 0.4) is 0 Å². The first-order valence-electron chi connectivity index (χ1n) is 11.1. The molecular weight excluding hydrogens is 410 g/mol. The van der Waals surface area contributed by atoms with Gasteiger partial charge in [-0.2, -0.15) is 0 Å². The minimum Gasteiger partial charge on any atom is -0.425 e. The number of aryl methyl sites for hydroxylation is 1. The number of benzene rings is 4. The van der Waals surface area contributed by atoms with Crippen LogP contribution < -0.4 is 9.80 Å². The van der Waals surface area contributed by atoms with Crippen molar-refractivity contribution in [3.05, 3.63) is 120 Å².